The average Bonchev–Trinajstić information content (AvgIpc) is 2.66. The zero-order valence-corrected chi connectivity index (χ0v) is 9.35. The van der Waals surface area contributed by atoms with Gasteiger partial charge in [-0.05, 0) is 24.2 Å². The Labute approximate surface area is 96.4 Å². The lowest BCUT2D eigenvalue weighted by atomic mass is 10.6. The number of carbonyl (C=O) groups excluding carboxylic acids is 2. The van der Waals surface area contributed by atoms with Gasteiger partial charge in [0.25, 0.3) is 0 Å². The summed E-state index contributed by atoms with van der Waals surface area (Å²) in [5.74, 6) is -0.118. The molecule has 17 heavy (non-hydrogen) atoms. The molecule has 0 aliphatic rings. The first-order valence-electron chi connectivity index (χ1n) is 4.87. The maximum Gasteiger partial charge on any atom is 0.412 e. The second kappa shape index (κ2) is 6.30. The van der Waals surface area contributed by atoms with Crippen LogP contribution in [0.2, 0.25) is 0 Å². The van der Waals surface area contributed by atoms with E-state index in [2.05, 4.69) is 35.0 Å². The summed E-state index contributed by atoms with van der Waals surface area (Å²) in [7, 11) is 0. The molecule has 0 aliphatic carbocycles. The van der Waals surface area contributed by atoms with Gasteiger partial charge in [-0.2, -0.15) is 0 Å². The zero-order chi connectivity index (χ0) is 12.7. The van der Waals surface area contributed by atoms with E-state index in [4.69, 9.17) is 0 Å². The van der Waals surface area contributed by atoms with Crippen LogP contribution in [0.4, 0.5) is 21.2 Å². The van der Waals surface area contributed by atoms with Gasteiger partial charge in [0.05, 0.1) is 13.2 Å². The van der Waals surface area contributed by atoms with Gasteiger partial charge in [0.1, 0.15) is 0 Å². The second-order valence-corrected chi connectivity index (χ2v) is 2.65. The number of aromatic nitrogens is 2. The van der Waals surface area contributed by atoms with Crippen LogP contribution in [0.25, 0.3) is 0 Å². The molecule has 9 heteroatoms. The van der Waals surface area contributed by atoms with Gasteiger partial charge in [0.15, 0.2) is 0 Å². The summed E-state index contributed by atoms with van der Waals surface area (Å²) in [4.78, 5) is 22.2. The van der Waals surface area contributed by atoms with Gasteiger partial charge in [-0.1, -0.05) is 0 Å². The lowest BCUT2D eigenvalue weighted by Gasteiger charge is -2.04. The lowest BCUT2D eigenvalue weighted by molar-refractivity contribution is 0.166. The molecule has 0 atom stereocenters. The quantitative estimate of drug-likeness (QED) is 0.817. The van der Waals surface area contributed by atoms with E-state index in [1.165, 1.54) is 0 Å². The zero-order valence-electron chi connectivity index (χ0n) is 9.35. The fourth-order valence-corrected chi connectivity index (χ4v) is 0.880. The molecule has 0 spiro atoms. The van der Waals surface area contributed by atoms with Crippen molar-refractivity contribution in [2.24, 2.45) is 0 Å². The van der Waals surface area contributed by atoms with Crippen LogP contribution in [0.1, 0.15) is 13.8 Å². The number of rotatable bonds is 4. The Morgan fingerprint density at radius 2 is 1.47 bits per heavy atom. The topological polar surface area (TPSA) is 116 Å². The number of nitrogens with one attached hydrogen (secondary N) is 2. The third-order valence-electron chi connectivity index (χ3n) is 1.48. The Hall–Kier alpha value is -2.32. The minimum Gasteiger partial charge on any atom is -0.450 e. The summed E-state index contributed by atoms with van der Waals surface area (Å²) >= 11 is 0. The monoisotopic (exact) mass is 244 g/mol. The highest BCUT2D eigenvalue weighted by Crippen LogP contribution is 2.15. The van der Waals surface area contributed by atoms with E-state index in [0.717, 1.165) is 0 Å². The Kier molecular flexibility index (Phi) is 4.73. The highest BCUT2D eigenvalue weighted by Gasteiger charge is 2.16. The Balaban J connectivity index is 2.59. The molecule has 9 nitrogen and oxygen atoms in total. The van der Waals surface area contributed by atoms with Crippen LogP contribution >= 0.6 is 0 Å². The number of nitrogens with zero attached hydrogens (tertiary/aromatic N) is 2. The number of amides is 2. The minimum atomic E-state index is -0.727. The molecule has 1 aromatic rings. The fourth-order valence-electron chi connectivity index (χ4n) is 0.880. The molecule has 1 aromatic heterocycles. The molecule has 0 unspecified atom stereocenters. The molecule has 0 aromatic carbocycles. The van der Waals surface area contributed by atoms with Crippen LogP contribution in [0.3, 0.4) is 0 Å². The molecule has 0 fully saturated rings. The van der Waals surface area contributed by atoms with E-state index in [1.54, 1.807) is 13.8 Å². The van der Waals surface area contributed by atoms with Gasteiger partial charge >= 0.3 is 12.2 Å². The van der Waals surface area contributed by atoms with E-state index in [1.807, 2.05) is 0 Å². The largest absolute Gasteiger partial charge is 0.450 e. The highest BCUT2D eigenvalue weighted by molar-refractivity contribution is 5.91. The summed E-state index contributed by atoms with van der Waals surface area (Å²) in [5.41, 5.74) is 0. The van der Waals surface area contributed by atoms with Crippen molar-refractivity contribution >= 4 is 23.8 Å². The smallest absolute Gasteiger partial charge is 0.412 e. The highest BCUT2D eigenvalue weighted by atomic mass is 16.6. The standard InChI is InChI=1S/C8H12N4O5/c1-3-15-7(13)9-5-6(12-17-11-5)10-8(14)16-4-2/h3-4H2,1-2H3,(H,9,11,13)(H,10,12,14). The molecule has 0 bridgehead atoms. The molecule has 1 heterocycles. The number of carbonyl (C=O) groups is 2. The van der Waals surface area contributed by atoms with Gasteiger partial charge in [-0.15, -0.1) is 0 Å². The molecule has 0 saturated carbocycles. The predicted molar refractivity (Wildman–Crippen MR) is 55.6 cm³/mol. The summed E-state index contributed by atoms with van der Waals surface area (Å²) < 4.78 is 13.6. The molecule has 0 aliphatic heterocycles. The SMILES string of the molecule is CCOC(=O)Nc1nonc1NC(=O)OCC. The summed E-state index contributed by atoms with van der Waals surface area (Å²) in [6.45, 7) is 3.71. The number of hydrogen-bond donors (Lipinski definition) is 2. The van der Waals surface area contributed by atoms with Gasteiger partial charge in [0, 0.05) is 0 Å². The molecule has 2 N–H and O–H groups in total. The third-order valence-corrected chi connectivity index (χ3v) is 1.48. The maximum atomic E-state index is 11.1. The Morgan fingerprint density at radius 1 is 1.06 bits per heavy atom. The van der Waals surface area contributed by atoms with E-state index < -0.39 is 12.2 Å². The van der Waals surface area contributed by atoms with Crippen LogP contribution in [0, 0.1) is 0 Å². The first-order chi connectivity index (χ1) is 8.17. The van der Waals surface area contributed by atoms with E-state index in [-0.39, 0.29) is 24.8 Å². The van der Waals surface area contributed by atoms with Crippen molar-refractivity contribution in [1.82, 2.24) is 10.3 Å². The van der Waals surface area contributed by atoms with Gasteiger partial charge < -0.3 is 9.47 Å². The van der Waals surface area contributed by atoms with Gasteiger partial charge in [-0.3, -0.25) is 10.6 Å². The first-order valence-corrected chi connectivity index (χ1v) is 4.87. The van der Waals surface area contributed by atoms with E-state index in [0.29, 0.717) is 0 Å². The van der Waals surface area contributed by atoms with Crippen molar-refractivity contribution in [3.63, 3.8) is 0 Å². The molecule has 0 radical (unpaired) electrons. The number of ether oxygens (including phenoxy) is 2. The van der Waals surface area contributed by atoms with Crippen LogP contribution in [-0.2, 0) is 9.47 Å². The van der Waals surface area contributed by atoms with Crippen LogP contribution in [0.15, 0.2) is 4.63 Å². The van der Waals surface area contributed by atoms with Crippen molar-refractivity contribution in [3.8, 4) is 0 Å². The summed E-state index contributed by atoms with van der Waals surface area (Å²) in [5, 5.41) is 11.2. The Morgan fingerprint density at radius 3 is 1.82 bits per heavy atom. The van der Waals surface area contributed by atoms with Crippen molar-refractivity contribution in [1.29, 1.82) is 0 Å². The third kappa shape index (κ3) is 3.97. The van der Waals surface area contributed by atoms with E-state index in [9.17, 15) is 9.59 Å². The predicted octanol–water partition coefficient (Wildman–Crippen LogP) is 1.21. The van der Waals surface area contributed by atoms with E-state index >= 15 is 0 Å². The fraction of sp³-hybridized carbons (Fsp3) is 0.500. The van der Waals surface area contributed by atoms with Crippen molar-refractivity contribution in [2.75, 3.05) is 23.8 Å². The second-order valence-electron chi connectivity index (χ2n) is 2.65. The maximum absolute atomic E-state index is 11.1. The van der Waals surface area contributed by atoms with Gasteiger partial charge in [-0.25, -0.2) is 14.2 Å². The van der Waals surface area contributed by atoms with Crippen LogP contribution < -0.4 is 10.6 Å². The average molecular weight is 244 g/mol. The first kappa shape index (κ1) is 12.7. The molecule has 2 amide bonds. The molecule has 0 saturated heterocycles. The molecule has 94 valence electrons. The summed E-state index contributed by atoms with van der Waals surface area (Å²) in [6, 6.07) is 0. The molecular weight excluding hydrogens is 232 g/mol. The van der Waals surface area contributed by atoms with Crippen LogP contribution in [0.5, 0.6) is 0 Å². The molecular formula is C8H12N4O5. The van der Waals surface area contributed by atoms with Crippen molar-refractivity contribution in [3.05, 3.63) is 0 Å². The normalized spacial score (nSPS) is 9.53. The summed E-state index contributed by atoms with van der Waals surface area (Å²) in [6.07, 6.45) is -1.45. The minimum absolute atomic E-state index is 0.0588. The lowest BCUT2D eigenvalue weighted by Crippen LogP contribution is -2.18. The number of anilines is 2. The van der Waals surface area contributed by atoms with Crippen LogP contribution in [-0.4, -0.2) is 35.7 Å². The van der Waals surface area contributed by atoms with Gasteiger partial charge in [0.2, 0.25) is 11.6 Å². The number of hydrogen-bond acceptors (Lipinski definition) is 7. The van der Waals surface area contributed by atoms with Crippen molar-refractivity contribution < 1.29 is 23.7 Å². The molecule has 1 rings (SSSR count). The Bertz CT molecular complexity index is 357. The van der Waals surface area contributed by atoms with Crippen molar-refractivity contribution in [2.45, 2.75) is 13.8 Å².